The fourth-order valence-electron chi connectivity index (χ4n) is 3.84. The summed E-state index contributed by atoms with van der Waals surface area (Å²) in [6, 6.07) is 3.88. The molecule has 1 aromatic rings. The largest absolute Gasteiger partial charge is 0.343 e. The van der Waals surface area contributed by atoms with Crippen LogP contribution in [0.4, 0.5) is 13.6 Å². The molecule has 0 spiro atoms. The fraction of sp³-hybridized carbons (Fsp3) is 0.600. The lowest BCUT2D eigenvalue weighted by Gasteiger charge is -2.32. The molecule has 27 heavy (non-hydrogen) atoms. The van der Waals surface area contributed by atoms with Crippen LogP contribution < -0.4 is 5.32 Å². The van der Waals surface area contributed by atoms with E-state index in [1.54, 1.807) is 4.90 Å². The summed E-state index contributed by atoms with van der Waals surface area (Å²) < 4.78 is 26.8. The Labute approximate surface area is 158 Å². The molecule has 3 amide bonds. The lowest BCUT2D eigenvalue weighted by molar-refractivity contribution is -0.131. The molecule has 2 heterocycles. The van der Waals surface area contributed by atoms with Crippen LogP contribution in [-0.4, -0.2) is 54.5 Å². The van der Waals surface area contributed by atoms with Crippen molar-refractivity contribution in [3.8, 4) is 0 Å². The van der Waals surface area contributed by atoms with Gasteiger partial charge in [0.15, 0.2) is 11.6 Å². The van der Waals surface area contributed by atoms with Crippen LogP contribution >= 0.6 is 0 Å². The van der Waals surface area contributed by atoms with E-state index in [2.05, 4.69) is 5.32 Å². The van der Waals surface area contributed by atoms with Crippen LogP contribution in [0.5, 0.6) is 0 Å². The molecule has 1 aromatic carbocycles. The second-order valence-electron chi connectivity index (χ2n) is 7.42. The van der Waals surface area contributed by atoms with Crippen LogP contribution in [-0.2, 0) is 11.2 Å². The number of hydrogen-bond donors (Lipinski definition) is 1. The van der Waals surface area contributed by atoms with Crippen molar-refractivity contribution in [1.29, 1.82) is 0 Å². The van der Waals surface area contributed by atoms with Gasteiger partial charge in [-0.25, -0.2) is 13.6 Å². The maximum Gasteiger partial charge on any atom is 0.317 e. The number of hydrogen-bond acceptors (Lipinski definition) is 2. The van der Waals surface area contributed by atoms with Crippen molar-refractivity contribution in [3.63, 3.8) is 0 Å². The van der Waals surface area contributed by atoms with E-state index < -0.39 is 11.6 Å². The molecule has 0 aromatic heterocycles. The van der Waals surface area contributed by atoms with Gasteiger partial charge in [-0.05, 0) is 49.7 Å². The van der Waals surface area contributed by atoms with E-state index in [1.165, 1.54) is 12.1 Å². The molecular weight excluding hydrogens is 352 g/mol. The van der Waals surface area contributed by atoms with E-state index in [4.69, 9.17) is 0 Å². The van der Waals surface area contributed by atoms with E-state index in [0.29, 0.717) is 25.4 Å². The van der Waals surface area contributed by atoms with E-state index in [0.717, 1.165) is 44.8 Å². The van der Waals surface area contributed by atoms with Crippen LogP contribution in [0.15, 0.2) is 18.2 Å². The number of benzene rings is 1. The number of carbonyl (C=O) groups excluding carboxylic acids is 2. The van der Waals surface area contributed by atoms with Gasteiger partial charge in [0, 0.05) is 39.1 Å². The Bertz CT molecular complexity index is 669. The van der Waals surface area contributed by atoms with Gasteiger partial charge in [-0.2, -0.15) is 0 Å². The zero-order valence-electron chi connectivity index (χ0n) is 15.6. The van der Waals surface area contributed by atoms with Gasteiger partial charge in [-0.1, -0.05) is 12.1 Å². The summed E-state index contributed by atoms with van der Waals surface area (Å²) >= 11 is 0. The number of piperidine rings is 1. The highest BCUT2D eigenvalue weighted by Gasteiger charge is 2.26. The SMILES string of the molecule is O=C(CC1CCN(C(=O)NCCc2cccc(F)c2F)CC1)N1CCCC1. The standard InChI is InChI=1S/C20H27F2N3O2/c21-17-5-3-4-16(19(17)22)6-9-23-20(27)25-12-7-15(8-13-25)14-18(26)24-10-1-2-11-24/h3-5,15H,1-2,6-14H2,(H,23,27). The smallest absolute Gasteiger partial charge is 0.317 e. The maximum atomic E-state index is 13.6. The number of halogens is 2. The molecule has 0 radical (unpaired) electrons. The predicted molar refractivity (Wildman–Crippen MR) is 98.2 cm³/mol. The third kappa shape index (κ3) is 5.17. The first-order chi connectivity index (χ1) is 13.0. The lowest BCUT2D eigenvalue weighted by atomic mass is 9.93. The van der Waals surface area contributed by atoms with Gasteiger partial charge in [-0.15, -0.1) is 0 Å². The molecule has 0 unspecified atom stereocenters. The molecular formula is C20H27F2N3O2. The monoisotopic (exact) mass is 379 g/mol. The van der Waals surface area contributed by atoms with Gasteiger partial charge in [0.1, 0.15) is 0 Å². The highest BCUT2D eigenvalue weighted by atomic mass is 19.2. The summed E-state index contributed by atoms with van der Waals surface area (Å²) in [4.78, 5) is 28.2. The molecule has 2 fully saturated rings. The lowest BCUT2D eigenvalue weighted by Crippen LogP contribution is -2.45. The van der Waals surface area contributed by atoms with Gasteiger partial charge >= 0.3 is 6.03 Å². The minimum Gasteiger partial charge on any atom is -0.343 e. The van der Waals surface area contributed by atoms with Crippen molar-refractivity contribution < 1.29 is 18.4 Å². The maximum absolute atomic E-state index is 13.6. The Kier molecular flexibility index (Phi) is 6.63. The molecule has 2 saturated heterocycles. The minimum absolute atomic E-state index is 0.184. The number of nitrogens with zero attached hydrogens (tertiary/aromatic N) is 2. The molecule has 0 saturated carbocycles. The molecule has 5 nitrogen and oxygen atoms in total. The van der Waals surface area contributed by atoms with E-state index in [-0.39, 0.29) is 30.5 Å². The number of urea groups is 1. The van der Waals surface area contributed by atoms with Gasteiger partial charge in [0.05, 0.1) is 0 Å². The first-order valence-corrected chi connectivity index (χ1v) is 9.78. The van der Waals surface area contributed by atoms with Gasteiger partial charge in [-0.3, -0.25) is 4.79 Å². The molecule has 2 aliphatic heterocycles. The Balaban J connectivity index is 1.37. The molecule has 0 bridgehead atoms. The summed E-state index contributed by atoms with van der Waals surface area (Å²) in [5.41, 5.74) is 0.259. The molecule has 0 atom stereocenters. The van der Waals surface area contributed by atoms with E-state index >= 15 is 0 Å². The number of rotatable bonds is 5. The van der Waals surface area contributed by atoms with Gasteiger partial charge in [0.25, 0.3) is 0 Å². The molecule has 3 rings (SSSR count). The highest BCUT2D eigenvalue weighted by molar-refractivity contribution is 5.77. The Morgan fingerprint density at radius 3 is 2.44 bits per heavy atom. The normalized spacial score (nSPS) is 18.0. The Hall–Kier alpha value is -2.18. The zero-order chi connectivity index (χ0) is 19.2. The predicted octanol–water partition coefficient (Wildman–Crippen LogP) is 2.94. The molecule has 7 heteroatoms. The third-order valence-electron chi connectivity index (χ3n) is 5.53. The van der Waals surface area contributed by atoms with Crippen LogP contribution in [0.25, 0.3) is 0 Å². The Morgan fingerprint density at radius 2 is 1.74 bits per heavy atom. The van der Waals surface area contributed by atoms with E-state index in [9.17, 15) is 18.4 Å². The van der Waals surface area contributed by atoms with E-state index in [1.807, 2.05) is 4.90 Å². The van der Waals surface area contributed by atoms with Crippen molar-refractivity contribution in [3.05, 3.63) is 35.4 Å². The summed E-state index contributed by atoms with van der Waals surface area (Å²) in [5.74, 6) is -1.14. The number of amides is 3. The van der Waals surface area contributed by atoms with Crippen molar-refractivity contribution in [1.82, 2.24) is 15.1 Å². The van der Waals surface area contributed by atoms with Crippen LogP contribution in [0.1, 0.15) is 37.7 Å². The van der Waals surface area contributed by atoms with Crippen molar-refractivity contribution in [2.45, 2.75) is 38.5 Å². The molecule has 2 aliphatic rings. The first kappa shape index (κ1) is 19.6. The van der Waals surface area contributed by atoms with Crippen LogP contribution in [0.2, 0.25) is 0 Å². The second kappa shape index (κ2) is 9.15. The highest BCUT2D eigenvalue weighted by Crippen LogP contribution is 2.22. The number of nitrogens with one attached hydrogen (secondary N) is 1. The van der Waals surface area contributed by atoms with Gasteiger partial charge in [0.2, 0.25) is 5.91 Å². The molecule has 148 valence electrons. The van der Waals surface area contributed by atoms with Crippen molar-refractivity contribution >= 4 is 11.9 Å². The summed E-state index contributed by atoms with van der Waals surface area (Å²) in [6.45, 7) is 3.26. The van der Waals surface area contributed by atoms with Crippen molar-refractivity contribution in [2.75, 3.05) is 32.7 Å². The third-order valence-corrected chi connectivity index (χ3v) is 5.53. The van der Waals surface area contributed by atoms with Gasteiger partial charge < -0.3 is 15.1 Å². The number of likely N-dealkylation sites (tertiary alicyclic amines) is 2. The topological polar surface area (TPSA) is 52.7 Å². The number of carbonyl (C=O) groups is 2. The average Bonchev–Trinajstić information content (AvgIpc) is 3.20. The average molecular weight is 379 g/mol. The minimum atomic E-state index is -0.871. The zero-order valence-corrected chi connectivity index (χ0v) is 15.6. The first-order valence-electron chi connectivity index (χ1n) is 9.78. The molecule has 0 aliphatic carbocycles. The summed E-state index contributed by atoms with van der Waals surface area (Å²) in [7, 11) is 0. The summed E-state index contributed by atoms with van der Waals surface area (Å²) in [6.07, 6.45) is 4.68. The van der Waals surface area contributed by atoms with Crippen LogP contribution in [0, 0.1) is 17.6 Å². The fourth-order valence-corrected chi connectivity index (χ4v) is 3.84. The molecule has 1 N–H and O–H groups in total. The second-order valence-corrected chi connectivity index (χ2v) is 7.42. The quantitative estimate of drug-likeness (QED) is 0.855. The summed E-state index contributed by atoms with van der Waals surface area (Å²) in [5, 5.41) is 2.77. The Morgan fingerprint density at radius 1 is 1.04 bits per heavy atom. The van der Waals surface area contributed by atoms with Crippen LogP contribution in [0.3, 0.4) is 0 Å². The van der Waals surface area contributed by atoms with Crippen molar-refractivity contribution in [2.24, 2.45) is 5.92 Å².